The fraction of sp³-hybridized carbons (Fsp3) is 0.818. The summed E-state index contributed by atoms with van der Waals surface area (Å²) in [6.07, 6.45) is -2.32. The molecule has 0 radical (unpaired) electrons. The molecule has 2 rings (SSSR count). The van der Waals surface area contributed by atoms with Crippen molar-refractivity contribution >= 4 is 38.7 Å². The lowest BCUT2D eigenvalue weighted by molar-refractivity contribution is -0.0438. The molecule has 0 bridgehead atoms. The summed E-state index contributed by atoms with van der Waals surface area (Å²) in [6, 6.07) is 0. The molecule has 3 N–H and O–H groups in total. The number of aliphatic hydroxyl groups excluding tert-OH is 2. The number of halogens is 2. The van der Waals surface area contributed by atoms with Crippen molar-refractivity contribution in [1.82, 2.24) is 14.2 Å². The van der Waals surface area contributed by atoms with Gasteiger partial charge in [0.1, 0.15) is 12.3 Å². The normalized spacial score (nSPS) is 23.1. The van der Waals surface area contributed by atoms with E-state index in [1.165, 1.54) is 4.67 Å². The van der Waals surface area contributed by atoms with Crippen LogP contribution in [0, 0.1) is 5.82 Å². The average molecular weight is 696 g/mol. The summed E-state index contributed by atoms with van der Waals surface area (Å²) in [5.74, 6) is -1.13. The third kappa shape index (κ3) is 8.75. The molecular weight excluding hydrogens is 655 g/mol. The van der Waals surface area contributed by atoms with E-state index in [4.69, 9.17) is 23.3 Å². The molecule has 16 heteroatoms. The first kappa shape index (κ1) is 33.7. The second-order valence-electron chi connectivity index (χ2n) is 10.7. The van der Waals surface area contributed by atoms with Crippen molar-refractivity contribution < 1.29 is 37.4 Å². The molecule has 1 fully saturated rings. The molecule has 38 heavy (non-hydrogen) atoms. The maximum atomic E-state index is 14.0. The molecule has 1 aliphatic rings. The molecule has 1 aromatic rings. The summed E-state index contributed by atoms with van der Waals surface area (Å²) in [7, 11) is -4.59. The van der Waals surface area contributed by atoms with Gasteiger partial charge in [-0.1, -0.05) is 43.4 Å². The molecule has 1 aromatic heterocycles. The third-order valence-corrected chi connectivity index (χ3v) is 13.8. The van der Waals surface area contributed by atoms with Crippen LogP contribution in [0.5, 0.6) is 0 Å². The van der Waals surface area contributed by atoms with Crippen LogP contribution < -0.4 is 11.2 Å². The molecule has 1 saturated heterocycles. The topological polar surface area (TPSA) is 153 Å². The molecule has 0 aliphatic carbocycles. The largest absolute Gasteiger partial charge is 0.411 e. The average Bonchev–Trinajstić information content (AvgIpc) is 3.20. The fourth-order valence-electron chi connectivity index (χ4n) is 3.42. The molecule has 0 amide bonds. The zero-order valence-corrected chi connectivity index (χ0v) is 26.7. The van der Waals surface area contributed by atoms with E-state index in [1.807, 2.05) is 4.98 Å². The standard InChI is InChI=1S/C22H40FIN3O9PSi/c1-22(2,3)38(5,6)36-17-11-19(27-12-16(23)20(30)25-21(27)31)35-18(17)14-34-37(32,26(4)9-8-24)33-10-7-15(29)13-28/h12,15,17-19,28-29H,7-11,13-14H2,1-6H3,(H,25,30,31)/t15?,17-,18+,19+,37?/m0/s1. The van der Waals surface area contributed by atoms with Crippen molar-refractivity contribution in [3.8, 4) is 0 Å². The Labute approximate surface area is 236 Å². The zero-order valence-electron chi connectivity index (χ0n) is 22.7. The van der Waals surface area contributed by atoms with E-state index in [9.17, 15) is 23.7 Å². The Bertz CT molecular complexity index is 1080. The highest BCUT2D eigenvalue weighted by molar-refractivity contribution is 14.1. The molecule has 0 saturated carbocycles. The molecular formula is C22H40FIN3O9PSi. The lowest BCUT2D eigenvalue weighted by atomic mass is 10.2. The van der Waals surface area contributed by atoms with Gasteiger partial charge in [0.2, 0.25) is 5.82 Å². The highest BCUT2D eigenvalue weighted by atomic mass is 127. The third-order valence-electron chi connectivity index (χ3n) is 6.81. The minimum Gasteiger partial charge on any atom is -0.411 e. The van der Waals surface area contributed by atoms with E-state index < -0.39 is 64.3 Å². The van der Waals surface area contributed by atoms with Gasteiger partial charge in [-0.25, -0.2) is 14.0 Å². The number of aliphatic hydroxyl groups is 2. The van der Waals surface area contributed by atoms with E-state index in [0.717, 1.165) is 10.8 Å². The number of hydrogen-bond acceptors (Lipinski definition) is 9. The molecule has 220 valence electrons. The Morgan fingerprint density at radius 1 is 1.37 bits per heavy atom. The molecule has 2 unspecified atom stereocenters. The second-order valence-corrected chi connectivity index (χ2v) is 18.7. The Morgan fingerprint density at radius 3 is 2.61 bits per heavy atom. The van der Waals surface area contributed by atoms with Gasteiger partial charge in [-0.3, -0.25) is 23.4 Å². The number of ether oxygens (including phenoxy) is 1. The monoisotopic (exact) mass is 695 g/mol. The number of H-pyrrole nitrogens is 1. The lowest BCUT2D eigenvalue weighted by Crippen LogP contribution is -2.46. The smallest absolute Gasteiger partial charge is 0.408 e. The van der Waals surface area contributed by atoms with E-state index in [0.29, 0.717) is 11.0 Å². The number of nitrogens with one attached hydrogen (secondary N) is 1. The van der Waals surface area contributed by atoms with Gasteiger partial charge in [0.15, 0.2) is 8.32 Å². The van der Waals surface area contributed by atoms with Crippen LogP contribution in [0.1, 0.15) is 39.8 Å². The predicted molar refractivity (Wildman–Crippen MR) is 151 cm³/mol. The van der Waals surface area contributed by atoms with Crippen molar-refractivity contribution in [2.24, 2.45) is 0 Å². The summed E-state index contributed by atoms with van der Waals surface area (Å²) in [6.45, 7) is 9.93. The van der Waals surface area contributed by atoms with Gasteiger partial charge >= 0.3 is 13.4 Å². The Balaban J connectivity index is 2.31. The molecule has 1 aliphatic heterocycles. The number of aromatic nitrogens is 2. The molecule has 0 aromatic carbocycles. The van der Waals surface area contributed by atoms with Gasteiger partial charge in [0.05, 0.1) is 38.2 Å². The predicted octanol–water partition coefficient (Wildman–Crippen LogP) is 2.60. The van der Waals surface area contributed by atoms with Crippen molar-refractivity contribution in [2.45, 2.75) is 76.3 Å². The van der Waals surface area contributed by atoms with E-state index in [2.05, 4.69) is 56.5 Å². The van der Waals surface area contributed by atoms with Gasteiger partial charge in [0.25, 0.3) is 5.56 Å². The summed E-state index contributed by atoms with van der Waals surface area (Å²) >= 11 is 2.13. The van der Waals surface area contributed by atoms with Crippen LogP contribution in [0.2, 0.25) is 18.1 Å². The summed E-state index contributed by atoms with van der Waals surface area (Å²) in [5, 5.41) is 18.5. The van der Waals surface area contributed by atoms with Crippen LogP contribution in [-0.4, -0.2) is 88.9 Å². The van der Waals surface area contributed by atoms with Crippen LogP contribution in [-0.2, 0) is 22.8 Å². The van der Waals surface area contributed by atoms with Crippen molar-refractivity contribution in [3.05, 3.63) is 32.9 Å². The summed E-state index contributed by atoms with van der Waals surface area (Å²) in [5.41, 5.74) is -1.95. The quantitative estimate of drug-likeness (QED) is 0.115. The number of alkyl halides is 1. The summed E-state index contributed by atoms with van der Waals surface area (Å²) in [4.78, 5) is 25.8. The van der Waals surface area contributed by atoms with Crippen LogP contribution in [0.3, 0.4) is 0 Å². The van der Waals surface area contributed by atoms with E-state index in [-0.39, 0.29) is 31.1 Å². The number of nitrogens with zero attached hydrogens (tertiary/aromatic N) is 2. The van der Waals surface area contributed by atoms with Gasteiger partial charge in [-0.2, -0.15) is 4.39 Å². The number of aromatic amines is 1. The molecule has 12 nitrogen and oxygen atoms in total. The first-order valence-electron chi connectivity index (χ1n) is 12.3. The van der Waals surface area contributed by atoms with Gasteiger partial charge in [-0.05, 0) is 31.6 Å². The van der Waals surface area contributed by atoms with Crippen LogP contribution in [0.25, 0.3) is 0 Å². The maximum Gasteiger partial charge on any atom is 0.408 e. The molecule has 0 spiro atoms. The highest BCUT2D eigenvalue weighted by Gasteiger charge is 2.46. The zero-order chi connectivity index (χ0) is 28.9. The Morgan fingerprint density at radius 2 is 2.03 bits per heavy atom. The molecule has 5 atom stereocenters. The van der Waals surface area contributed by atoms with E-state index in [1.54, 1.807) is 7.05 Å². The first-order valence-corrected chi connectivity index (χ1v) is 18.3. The summed E-state index contributed by atoms with van der Waals surface area (Å²) < 4.78 is 54.8. The van der Waals surface area contributed by atoms with Crippen LogP contribution in [0.4, 0.5) is 4.39 Å². The number of hydrogen-bond donors (Lipinski definition) is 3. The number of rotatable bonds is 14. The molecule has 2 heterocycles. The minimum atomic E-state index is -3.84. The first-order chi connectivity index (χ1) is 17.5. The van der Waals surface area contributed by atoms with Crippen LogP contribution >= 0.6 is 30.3 Å². The highest BCUT2D eigenvalue weighted by Crippen LogP contribution is 2.52. The maximum absolute atomic E-state index is 14.0. The van der Waals surface area contributed by atoms with Gasteiger partial charge in [0, 0.05) is 17.4 Å². The van der Waals surface area contributed by atoms with Gasteiger partial charge < -0.3 is 19.4 Å². The van der Waals surface area contributed by atoms with E-state index >= 15 is 0 Å². The SMILES string of the molecule is CN(CCI)P(=O)(OCCC(O)CO)OC[C@H]1O[C@@H](n2cc(F)c(=O)[nH]c2=O)C[C@@H]1O[Si](C)(C)C(C)(C)C. The fourth-order valence-corrected chi connectivity index (χ4v) is 7.37. The van der Waals surface area contributed by atoms with Crippen molar-refractivity contribution in [3.63, 3.8) is 0 Å². The van der Waals surface area contributed by atoms with Crippen molar-refractivity contribution in [1.29, 1.82) is 0 Å². The Kier molecular flexibility index (Phi) is 12.3. The van der Waals surface area contributed by atoms with Crippen LogP contribution in [0.15, 0.2) is 15.8 Å². The van der Waals surface area contributed by atoms with Crippen molar-refractivity contribution in [2.75, 3.05) is 37.8 Å². The second kappa shape index (κ2) is 13.9. The lowest BCUT2D eigenvalue weighted by Gasteiger charge is -2.39. The van der Waals surface area contributed by atoms with Gasteiger partial charge in [-0.15, -0.1) is 0 Å². The minimum absolute atomic E-state index is 0.0573. The Hall–Kier alpha value is -0.493.